The first-order valence-electron chi connectivity index (χ1n) is 7.44. The summed E-state index contributed by atoms with van der Waals surface area (Å²) in [6, 6.07) is 5.22. The largest absolute Gasteiger partial charge is 0.475 e. The molecule has 0 saturated heterocycles. The number of nitrogens with two attached hydrogens (primary N) is 2. The Hall–Kier alpha value is -1.35. The van der Waals surface area contributed by atoms with Gasteiger partial charge in [-0.05, 0) is 45.4 Å². The molecule has 0 atom stereocenters. The predicted octanol–water partition coefficient (Wildman–Crippen LogP) is 3.05. The first kappa shape index (κ1) is 19.7. The molecule has 128 valence electrons. The number of phosphoric ester groups is 1. The molecule has 0 aliphatic rings. The van der Waals surface area contributed by atoms with Crippen molar-refractivity contribution in [2.45, 2.75) is 46.5 Å². The van der Waals surface area contributed by atoms with Crippen molar-refractivity contribution >= 4 is 13.5 Å². The van der Waals surface area contributed by atoms with Gasteiger partial charge in [-0.3, -0.25) is 13.6 Å². The monoisotopic (exact) mass is 340 g/mol. The first-order valence-corrected chi connectivity index (χ1v) is 8.90. The molecule has 0 aliphatic carbocycles. The zero-order valence-corrected chi connectivity index (χ0v) is 14.9. The molecule has 0 fully saturated rings. The molecule has 0 radical (unpaired) electrons. The fraction of sp³-hybridized carbons (Fsp3) is 0.500. The van der Waals surface area contributed by atoms with Crippen molar-refractivity contribution < 1.29 is 18.1 Å². The Kier molecular flexibility index (Phi) is 7.77. The van der Waals surface area contributed by atoms with Crippen LogP contribution in [0.3, 0.4) is 0 Å². The second-order valence-electron chi connectivity index (χ2n) is 5.45. The Morgan fingerprint density at radius 3 is 2.30 bits per heavy atom. The summed E-state index contributed by atoms with van der Waals surface area (Å²) in [6.45, 7) is 7.33. The van der Waals surface area contributed by atoms with Gasteiger partial charge in [0.2, 0.25) is 0 Å². The van der Waals surface area contributed by atoms with E-state index >= 15 is 0 Å². The molecule has 0 amide bonds. The minimum absolute atomic E-state index is 0.0333. The van der Waals surface area contributed by atoms with Crippen LogP contribution in [0.15, 0.2) is 18.2 Å². The molecule has 0 spiro atoms. The van der Waals surface area contributed by atoms with E-state index in [2.05, 4.69) is 11.8 Å². The third kappa shape index (κ3) is 7.17. The molecule has 4 N–H and O–H groups in total. The van der Waals surface area contributed by atoms with Crippen LogP contribution in [0.25, 0.3) is 0 Å². The van der Waals surface area contributed by atoms with E-state index in [0.717, 1.165) is 5.56 Å². The summed E-state index contributed by atoms with van der Waals surface area (Å²) >= 11 is 0. The Labute approximate surface area is 138 Å². The fourth-order valence-electron chi connectivity index (χ4n) is 1.73. The Morgan fingerprint density at radius 1 is 1.17 bits per heavy atom. The lowest BCUT2D eigenvalue weighted by Gasteiger charge is -2.22. The summed E-state index contributed by atoms with van der Waals surface area (Å²) in [5, 5.41) is 0. The number of nitrogen functional groups attached to an aromatic ring is 1. The molecule has 23 heavy (non-hydrogen) atoms. The minimum Gasteiger partial charge on any atom is -0.399 e. The highest BCUT2D eigenvalue weighted by Crippen LogP contribution is 2.52. The molecule has 0 aliphatic heterocycles. The van der Waals surface area contributed by atoms with E-state index < -0.39 is 7.82 Å². The van der Waals surface area contributed by atoms with Crippen LogP contribution in [0.1, 0.15) is 38.8 Å². The lowest BCUT2D eigenvalue weighted by Crippen LogP contribution is -2.10. The zero-order chi connectivity index (χ0) is 17.5. The Morgan fingerprint density at radius 2 is 1.78 bits per heavy atom. The third-order valence-electron chi connectivity index (χ3n) is 2.52. The van der Waals surface area contributed by atoms with Crippen LogP contribution in [-0.2, 0) is 24.7 Å². The summed E-state index contributed by atoms with van der Waals surface area (Å²) in [6.07, 6.45) is -0.579. The van der Waals surface area contributed by atoms with Gasteiger partial charge in [0.05, 0.1) is 25.4 Å². The Balaban J connectivity index is 2.95. The van der Waals surface area contributed by atoms with E-state index in [1.165, 1.54) is 0 Å². The van der Waals surface area contributed by atoms with Gasteiger partial charge in [0.1, 0.15) is 0 Å². The lowest BCUT2D eigenvalue weighted by molar-refractivity contribution is 0.0682. The number of hydrogen-bond acceptors (Lipinski definition) is 6. The van der Waals surface area contributed by atoms with Gasteiger partial charge >= 0.3 is 7.82 Å². The minimum atomic E-state index is -3.66. The van der Waals surface area contributed by atoms with E-state index in [4.69, 9.17) is 25.0 Å². The van der Waals surface area contributed by atoms with Crippen molar-refractivity contribution in [1.82, 2.24) is 0 Å². The maximum atomic E-state index is 12.7. The summed E-state index contributed by atoms with van der Waals surface area (Å²) in [7, 11) is -3.66. The number of phosphoric acid groups is 1. The topological polar surface area (TPSA) is 96.8 Å². The van der Waals surface area contributed by atoms with Gasteiger partial charge in [0, 0.05) is 11.3 Å². The summed E-state index contributed by atoms with van der Waals surface area (Å²) in [5.74, 6) is 5.69. The van der Waals surface area contributed by atoms with E-state index in [1.807, 2.05) is 0 Å². The first-order chi connectivity index (χ1) is 10.8. The van der Waals surface area contributed by atoms with Gasteiger partial charge in [-0.15, -0.1) is 0 Å². The SMILES string of the molecule is CC(C)OP(=O)(OCc1ccc(N)cc1C#CCN)OC(C)C. The van der Waals surface area contributed by atoms with Crippen molar-refractivity contribution in [3.8, 4) is 11.8 Å². The molecule has 1 aromatic rings. The van der Waals surface area contributed by atoms with Gasteiger partial charge in [0.15, 0.2) is 0 Å². The molecule has 0 aromatic heterocycles. The molecule has 7 heteroatoms. The van der Waals surface area contributed by atoms with Crippen LogP contribution in [0.2, 0.25) is 0 Å². The summed E-state index contributed by atoms with van der Waals surface area (Å²) in [4.78, 5) is 0. The summed E-state index contributed by atoms with van der Waals surface area (Å²) < 4.78 is 28.8. The zero-order valence-electron chi connectivity index (χ0n) is 14.0. The van der Waals surface area contributed by atoms with Crippen LogP contribution in [0.4, 0.5) is 5.69 Å². The van der Waals surface area contributed by atoms with Gasteiger partial charge in [-0.1, -0.05) is 17.9 Å². The average Bonchev–Trinajstić information content (AvgIpc) is 2.42. The predicted molar refractivity (Wildman–Crippen MR) is 91.6 cm³/mol. The highest BCUT2D eigenvalue weighted by Gasteiger charge is 2.30. The average molecular weight is 340 g/mol. The van der Waals surface area contributed by atoms with E-state index in [1.54, 1.807) is 45.9 Å². The molecule has 6 nitrogen and oxygen atoms in total. The van der Waals surface area contributed by atoms with Crippen molar-refractivity contribution in [3.63, 3.8) is 0 Å². The maximum Gasteiger partial charge on any atom is 0.475 e. The third-order valence-corrected chi connectivity index (χ3v) is 4.32. The summed E-state index contributed by atoms with van der Waals surface area (Å²) in [5.41, 5.74) is 13.2. The number of rotatable bonds is 7. The second-order valence-corrected chi connectivity index (χ2v) is 7.03. The van der Waals surface area contributed by atoms with Crippen LogP contribution in [-0.4, -0.2) is 18.8 Å². The Bertz CT molecular complexity index is 606. The van der Waals surface area contributed by atoms with Crippen LogP contribution < -0.4 is 11.5 Å². The second kappa shape index (κ2) is 9.07. The molecular formula is C16H25N2O4P. The van der Waals surface area contributed by atoms with Gasteiger partial charge < -0.3 is 11.5 Å². The molecule has 1 rings (SSSR count). The van der Waals surface area contributed by atoms with Crippen molar-refractivity contribution in [2.24, 2.45) is 5.73 Å². The van der Waals surface area contributed by atoms with Crippen LogP contribution in [0, 0.1) is 11.8 Å². The molecular weight excluding hydrogens is 315 g/mol. The molecule has 0 bridgehead atoms. The normalized spacial score (nSPS) is 11.6. The molecule has 0 heterocycles. The van der Waals surface area contributed by atoms with Crippen molar-refractivity contribution in [2.75, 3.05) is 12.3 Å². The highest BCUT2D eigenvalue weighted by molar-refractivity contribution is 7.48. The van der Waals surface area contributed by atoms with Gasteiger partial charge in [0.25, 0.3) is 0 Å². The van der Waals surface area contributed by atoms with E-state index in [0.29, 0.717) is 11.3 Å². The number of anilines is 1. The van der Waals surface area contributed by atoms with Crippen molar-refractivity contribution in [1.29, 1.82) is 0 Å². The smallest absolute Gasteiger partial charge is 0.399 e. The molecule has 0 saturated carbocycles. The number of benzene rings is 1. The van der Waals surface area contributed by atoms with Gasteiger partial charge in [-0.2, -0.15) is 0 Å². The highest BCUT2D eigenvalue weighted by atomic mass is 31.2. The van der Waals surface area contributed by atoms with E-state index in [9.17, 15) is 4.57 Å². The fourth-order valence-corrected chi connectivity index (χ4v) is 3.23. The lowest BCUT2D eigenvalue weighted by atomic mass is 10.1. The standard InChI is InChI=1S/C16H25N2O4P/c1-12(2)21-23(19,22-13(3)4)20-11-15-7-8-16(18)10-14(15)6-5-9-17/h7-8,10,12-13H,9,11,17-18H2,1-4H3. The molecule has 0 unspecified atom stereocenters. The van der Waals surface area contributed by atoms with Crippen LogP contribution in [0.5, 0.6) is 0 Å². The number of hydrogen-bond donors (Lipinski definition) is 2. The van der Waals surface area contributed by atoms with Gasteiger partial charge in [-0.25, -0.2) is 4.57 Å². The van der Waals surface area contributed by atoms with Crippen molar-refractivity contribution in [3.05, 3.63) is 29.3 Å². The molecule has 1 aromatic carbocycles. The maximum absolute atomic E-state index is 12.7. The van der Waals surface area contributed by atoms with E-state index in [-0.39, 0.29) is 25.4 Å². The quantitative estimate of drug-likeness (QED) is 0.450. The van der Waals surface area contributed by atoms with Crippen LogP contribution >= 0.6 is 7.82 Å².